The fourth-order valence-corrected chi connectivity index (χ4v) is 3.93. The molecule has 1 aliphatic rings. The Kier molecular flexibility index (Phi) is 7.46. The van der Waals surface area contributed by atoms with Crippen molar-refractivity contribution in [3.63, 3.8) is 0 Å². The van der Waals surface area contributed by atoms with E-state index in [1.807, 2.05) is 6.07 Å². The highest BCUT2D eigenvalue weighted by atomic mass is 32.2. The third-order valence-corrected chi connectivity index (χ3v) is 5.46. The molecule has 3 rings (SSSR count). The number of nitrogens with zero attached hydrogens (tertiary/aromatic N) is 1. The van der Waals surface area contributed by atoms with Crippen molar-refractivity contribution in [2.75, 3.05) is 22.9 Å². The smallest absolute Gasteiger partial charge is 0.249 e. The van der Waals surface area contributed by atoms with E-state index in [2.05, 4.69) is 15.0 Å². The minimum atomic E-state index is -3.32. The van der Waals surface area contributed by atoms with Crippen LogP contribution in [0.15, 0.2) is 48.7 Å². The van der Waals surface area contributed by atoms with Gasteiger partial charge in [0.25, 0.3) is 0 Å². The number of anilines is 2. The maximum Gasteiger partial charge on any atom is 0.249 e. The van der Waals surface area contributed by atoms with Crippen molar-refractivity contribution in [2.45, 2.75) is 32.1 Å². The summed E-state index contributed by atoms with van der Waals surface area (Å²) in [7, 11) is -3.32. The molecule has 1 amide bonds. The lowest BCUT2D eigenvalue weighted by Crippen LogP contribution is -2.17. The molecule has 8 heteroatoms. The molecule has 2 N–H and O–H groups in total. The Hall–Kier alpha value is -2.87. The zero-order chi connectivity index (χ0) is 21.4. The highest BCUT2D eigenvalue weighted by Gasteiger charge is 2.15. The molecular weight excluding hydrogens is 402 g/mol. The van der Waals surface area contributed by atoms with Gasteiger partial charge >= 0.3 is 0 Å². The van der Waals surface area contributed by atoms with Crippen molar-refractivity contribution >= 4 is 33.5 Å². The minimum Gasteiger partial charge on any atom is -0.489 e. The van der Waals surface area contributed by atoms with Crippen LogP contribution in [-0.4, -0.2) is 32.2 Å². The second-order valence-electron chi connectivity index (χ2n) is 7.48. The van der Waals surface area contributed by atoms with Crippen LogP contribution in [0.5, 0.6) is 5.75 Å². The van der Waals surface area contributed by atoms with Crippen molar-refractivity contribution in [2.24, 2.45) is 5.92 Å². The number of ether oxygens (including phenoxy) is 1. The van der Waals surface area contributed by atoms with Gasteiger partial charge in [-0.05, 0) is 54.7 Å². The van der Waals surface area contributed by atoms with Crippen molar-refractivity contribution in [3.05, 3.63) is 54.2 Å². The van der Waals surface area contributed by atoms with Crippen LogP contribution in [-0.2, 0) is 14.8 Å². The van der Waals surface area contributed by atoms with Gasteiger partial charge in [-0.25, -0.2) is 13.4 Å². The van der Waals surface area contributed by atoms with Gasteiger partial charge < -0.3 is 10.1 Å². The van der Waals surface area contributed by atoms with E-state index in [0.29, 0.717) is 29.8 Å². The van der Waals surface area contributed by atoms with Crippen LogP contribution in [0.2, 0.25) is 0 Å². The second-order valence-corrected chi connectivity index (χ2v) is 9.23. The number of pyridine rings is 1. The quantitative estimate of drug-likeness (QED) is 0.617. The summed E-state index contributed by atoms with van der Waals surface area (Å²) in [6.07, 6.45) is 11.9. The SMILES string of the molecule is CS(=O)(=O)Nc1ccc(/C=C/C(=O)Nc2ncccc2OCC2CCCCC2)cc1. The highest BCUT2D eigenvalue weighted by molar-refractivity contribution is 7.92. The third kappa shape index (κ3) is 7.18. The molecule has 0 spiro atoms. The van der Waals surface area contributed by atoms with Crippen molar-refractivity contribution < 1.29 is 17.9 Å². The van der Waals surface area contributed by atoms with Crippen LogP contribution < -0.4 is 14.8 Å². The fraction of sp³-hybridized carbons (Fsp3) is 0.364. The lowest BCUT2D eigenvalue weighted by molar-refractivity contribution is -0.111. The molecule has 0 bridgehead atoms. The highest BCUT2D eigenvalue weighted by Crippen LogP contribution is 2.27. The summed E-state index contributed by atoms with van der Waals surface area (Å²) in [6, 6.07) is 10.3. The third-order valence-electron chi connectivity index (χ3n) is 4.85. The molecule has 1 aromatic carbocycles. The Morgan fingerprint density at radius 2 is 1.90 bits per heavy atom. The zero-order valence-electron chi connectivity index (χ0n) is 17.0. The summed E-state index contributed by atoms with van der Waals surface area (Å²) in [5, 5.41) is 2.76. The van der Waals surface area contributed by atoms with E-state index >= 15 is 0 Å². The number of nitrogens with one attached hydrogen (secondary N) is 2. The van der Waals surface area contributed by atoms with E-state index in [4.69, 9.17) is 4.74 Å². The predicted octanol–water partition coefficient (Wildman–Crippen LogP) is 4.06. The average Bonchev–Trinajstić information content (AvgIpc) is 2.72. The Labute approximate surface area is 177 Å². The summed E-state index contributed by atoms with van der Waals surface area (Å²) >= 11 is 0. The van der Waals surface area contributed by atoms with Crippen LogP contribution >= 0.6 is 0 Å². The molecule has 1 aliphatic carbocycles. The zero-order valence-corrected chi connectivity index (χ0v) is 17.8. The predicted molar refractivity (Wildman–Crippen MR) is 119 cm³/mol. The number of hydrogen-bond acceptors (Lipinski definition) is 5. The van der Waals surface area contributed by atoms with Gasteiger partial charge in [0.1, 0.15) is 0 Å². The van der Waals surface area contributed by atoms with Gasteiger partial charge in [-0.1, -0.05) is 31.4 Å². The van der Waals surface area contributed by atoms with Gasteiger partial charge in [0.2, 0.25) is 15.9 Å². The van der Waals surface area contributed by atoms with Crippen LogP contribution in [0.25, 0.3) is 6.08 Å². The van der Waals surface area contributed by atoms with Gasteiger partial charge in [-0.2, -0.15) is 0 Å². The van der Waals surface area contributed by atoms with Gasteiger partial charge in [-0.15, -0.1) is 0 Å². The van der Waals surface area contributed by atoms with E-state index in [9.17, 15) is 13.2 Å². The number of sulfonamides is 1. The van der Waals surface area contributed by atoms with E-state index in [0.717, 1.165) is 11.8 Å². The Bertz CT molecular complexity index is 982. The van der Waals surface area contributed by atoms with Crippen molar-refractivity contribution in [1.29, 1.82) is 0 Å². The largest absolute Gasteiger partial charge is 0.489 e. The average molecular weight is 430 g/mol. The molecule has 1 saturated carbocycles. The molecule has 0 radical (unpaired) electrons. The molecule has 2 aromatic rings. The van der Waals surface area contributed by atoms with Crippen LogP contribution in [0.1, 0.15) is 37.7 Å². The molecule has 0 saturated heterocycles. The summed E-state index contributed by atoms with van der Waals surface area (Å²) in [5.74, 6) is 1.20. The number of hydrogen-bond donors (Lipinski definition) is 2. The monoisotopic (exact) mass is 429 g/mol. The first kappa shape index (κ1) is 21.8. The molecule has 1 aromatic heterocycles. The molecule has 160 valence electrons. The van der Waals surface area contributed by atoms with Gasteiger partial charge in [-0.3, -0.25) is 9.52 Å². The molecule has 0 aliphatic heterocycles. The molecule has 1 heterocycles. The minimum absolute atomic E-state index is 0.324. The van der Waals surface area contributed by atoms with Crippen LogP contribution in [0, 0.1) is 5.92 Å². The first-order valence-corrected chi connectivity index (χ1v) is 11.9. The standard InChI is InChI=1S/C22H27N3O4S/c1-30(27,28)25-19-12-9-17(10-13-19)11-14-21(26)24-22-20(8-5-15-23-22)29-16-18-6-3-2-4-7-18/h5,8-15,18,25H,2-4,6-7,16H2,1H3,(H,23,24,26)/b14-11+. The molecule has 7 nitrogen and oxygen atoms in total. The topological polar surface area (TPSA) is 97.4 Å². The normalized spacial score (nSPS) is 15.1. The van der Waals surface area contributed by atoms with E-state index < -0.39 is 10.0 Å². The maximum absolute atomic E-state index is 12.3. The van der Waals surface area contributed by atoms with E-state index in [-0.39, 0.29) is 5.91 Å². The maximum atomic E-state index is 12.3. The number of carbonyl (C=O) groups is 1. The first-order chi connectivity index (χ1) is 14.4. The Balaban J connectivity index is 1.56. The lowest BCUT2D eigenvalue weighted by atomic mass is 9.90. The van der Waals surface area contributed by atoms with Gasteiger partial charge in [0.05, 0.1) is 12.9 Å². The van der Waals surface area contributed by atoms with Crippen LogP contribution in [0.4, 0.5) is 11.5 Å². The number of aromatic nitrogens is 1. The van der Waals surface area contributed by atoms with E-state index in [1.54, 1.807) is 42.6 Å². The van der Waals surface area contributed by atoms with Crippen molar-refractivity contribution in [1.82, 2.24) is 4.98 Å². The molecule has 0 atom stereocenters. The fourth-order valence-electron chi connectivity index (χ4n) is 3.37. The number of benzene rings is 1. The Morgan fingerprint density at radius 1 is 1.17 bits per heavy atom. The second kappa shape index (κ2) is 10.2. The molecule has 0 unspecified atom stereocenters. The van der Waals surface area contributed by atoms with Gasteiger partial charge in [0, 0.05) is 18.0 Å². The molecule has 30 heavy (non-hydrogen) atoms. The number of rotatable bonds is 8. The number of carbonyl (C=O) groups excluding carboxylic acids is 1. The number of amides is 1. The van der Waals surface area contributed by atoms with Crippen LogP contribution in [0.3, 0.4) is 0 Å². The molecule has 1 fully saturated rings. The van der Waals surface area contributed by atoms with Gasteiger partial charge in [0.15, 0.2) is 11.6 Å². The summed E-state index contributed by atoms with van der Waals surface area (Å²) in [6.45, 7) is 0.637. The molecular formula is C22H27N3O4S. The summed E-state index contributed by atoms with van der Waals surface area (Å²) in [5.41, 5.74) is 1.23. The Morgan fingerprint density at radius 3 is 2.60 bits per heavy atom. The first-order valence-electron chi connectivity index (χ1n) is 10.0. The summed E-state index contributed by atoms with van der Waals surface area (Å²) < 4.78 is 30.8. The van der Waals surface area contributed by atoms with E-state index in [1.165, 1.54) is 38.2 Å². The van der Waals surface area contributed by atoms with Crippen molar-refractivity contribution in [3.8, 4) is 5.75 Å². The lowest BCUT2D eigenvalue weighted by Gasteiger charge is -2.22. The summed E-state index contributed by atoms with van der Waals surface area (Å²) in [4.78, 5) is 16.5.